The number of rotatable bonds is 2. The summed E-state index contributed by atoms with van der Waals surface area (Å²) in [5, 5.41) is 11.8. The normalized spacial score (nSPS) is 22.4. The van der Waals surface area contributed by atoms with Crippen molar-refractivity contribution in [3.05, 3.63) is 41.1 Å². The molecule has 1 aliphatic heterocycles. The lowest BCUT2D eigenvalue weighted by Crippen LogP contribution is -2.44. The first-order chi connectivity index (χ1) is 8.39. The van der Waals surface area contributed by atoms with Crippen LogP contribution in [-0.4, -0.2) is 44.3 Å². The molecule has 0 saturated heterocycles. The van der Waals surface area contributed by atoms with Gasteiger partial charge in [0, 0.05) is 13.1 Å². The van der Waals surface area contributed by atoms with Gasteiger partial charge in [0.25, 0.3) is 0 Å². The predicted octanol–water partition coefficient (Wildman–Crippen LogP) is 2.62. The van der Waals surface area contributed by atoms with Gasteiger partial charge in [-0.1, -0.05) is 50.0 Å². The molecular weight excluding hydrogens is 238 g/mol. The number of aliphatic hydroxyl groups excluding tert-OH is 1. The van der Waals surface area contributed by atoms with Crippen LogP contribution in [0.4, 0.5) is 0 Å². The van der Waals surface area contributed by atoms with Gasteiger partial charge in [0.1, 0.15) is 0 Å². The Morgan fingerprint density at radius 2 is 1.78 bits per heavy atom. The van der Waals surface area contributed by atoms with Crippen molar-refractivity contribution in [3.8, 4) is 0 Å². The molecule has 0 bridgehead atoms. The van der Waals surface area contributed by atoms with Gasteiger partial charge in [0.15, 0.2) is 0 Å². The number of benzene rings is 1. The SMILES string of the molecule is CN1CC(c2ccccc2)=C([Si](C)(C)C)C(O)C1. The van der Waals surface area contributed by atoms with Crippen LogP contribution in [0.3, 0.4) is 0 Å². The van der Waals surface area contributed by atoms with E-state index in [1.165, 1.54) is 16.3 Å². The van der Waals surface area contributed by atoms with E-state index in [2.05, 4.69) is 55.9 Å². The molecule has 0 radical (unpaired) electrons. The Balaban J connectivity index is 2.55. The minimum absolute atomic E-state index is 0.300. The first-order valence-corrected chi connectivity index (χ1v) is 10.0. The van der Waals surface area contributed by atoms with Crippen molar-refractivity contribution >= 4 is 13.6 Å². The van der Waals surface area contributed by atoms with Crippen LogP contribution in [-0.2, 0) is 0 Å². The van der Waals surface area contributed by atoms with Crippen LogP contribution in [0, 0.1) is 0 Å². The molecule has 1 aliphatic rings. The van der Waals surface area contributed by atoms with E-state index in [9.17, 15) is 5.11 Å². The summed E-state index contributed by atoms with van der Waals surface area (Å²) in [4.78, 5) is 2.20. The van der Waals surface area contributed by atoms with Gasteiger partial charge in [-0.2, -0.15) is 0 Å². The molecule has 98 valence electrons. The van der Waals surface area contributed by atoms with E-state index in [0.717, 1.165) is 13.1 Å². The first-order valence-electron chi connectivity index (χ1n) is 6.55. The molecule has 0 spiro atoms. The molecule has 3 heteroatoms. The number of β-amino-alcohol motifs (C(OH)–C–C–N with tert-alkyl or cyclic N) is 1. The maximum atomic E-state index is 10.4. The third-order valence-corrected chi connectivity index (χ3v) is 5.75. The summed E-state index contributed by atoms with van der Waals surface area (Å²) in [7, 11) is 0.585. The zero-order valence-corrected chi connectivity index (χ0v) is 12.8. The van der Waals surface area contributed by atoms with E-state index in [1.807, 2.05) is 6.07 Å². The molecule has 2 nitrogen and oxygen atoms in total. The van der Waals surface area contributed by atoms with Crippen LogP contribution < -0.4 is 0 Å². The molecule has 1 aromatic carbocycles. The molecule has 18 heavy (non-hydrogen) atoms. The van der Waals surface area contributed by atoms with E-state index >= 15 is 0 Å². The standard InChI is InChI=1S/C15H23NOSi/c1-16-10-13(12-8-6-5-7-9-12)15(14(17)11-16)18(2,3)4/h5-9,14,17H,10-11H2,1-4H3. The zero-order valence-electron chi connectivity index (χ0n) is 11.8. The largest absolute Gasteiger partial charge is 0.388 e. The highest BCUT2D eigenvalue weighted by atomic mass is 28.3. The fourth-order valence-electron chi connectivity index (χ4n) is 2.85. The van der Waals surface area contributed by atoms with Crippen molar-refractivity contribution in [1.29, 1.82) is 0 Å². The van der Waals surface area contributed by atoms with E-state index in [4.69, 9.17) is 0 Å². The van der Waals surface area contributed by atoms with Crippen molar-refractivity contribution in [2.75, 3.05) is 20.1 Å². The monoisotopic (exact) mass is 261 g/mol. The first kappa shape index (κ1) is 13.5. The molecule has 0 amide bonds. The lowest BCUT2D eigenvalue weighted by atomic mass is 10.00. The van der Waals surface area contributed by atoms with Gasteiger partial charge < -0.3 is 5.11 Å². The second-order valence-electron chi connectivity index (χ2n) is 6.22. The molecule has 1 unspecified atom stereocenters. The number of likely N-dealkylation sites (N-methyl/N-ethyl adjacent to an activating group) is 1. The summed E-state index contributed by atoms with van der Waals surface area (Å²) in [6.45, 7) is 8.66. The molecule has 1 atom stereocenters. The van der Waals surface area contributed by atoms with Crippen molar-refractivity contribution < 1.29 is 5.11 Å². The van der Waals surface area contributed by atoms with Gasteiger partial charge in [-0.05, 0) is 23.4 Å². The minimum Gasteiger partial charge on any atom is -0.388 e. The second kappa shape index (κ2) is 5.00. The van der Waals surface area contributed by atoms with Crippen LogP contribution in [0.1, 0.15) is 5.56 Å². The van der Waals surface area contributed by atoms with Crippen molar-refractivity contribution in [1.82, 2.24) is 4.90 Å². The minimum atomic E-state index is -1.49. The third-order valence-electron chi connectivity index (χ3n) is 3.50. The number of nitrogens with zero attached hydrogens (tertiary/aromatic N) is 1. The third kappa shape index (κ3) is 2.74. The van der Waals surface area contributed by atoms with Crippen molar-refractivity contribution in [2.24, 2.45) is 0 Å². The van der Waals surface area contributed by atoms with Gasteiger partial charge >= 0.3 is 0 Å². The van der Waals surface area contributed by atoms with Crippen LogP contribution in [0.5, 0.6) is 0 Å². The number of aliphatic hydroxyl groups is 1. The molecule has 0 aliphatic carbocycles. The summed E-state index contributed by atoms with van der Waals surface area (Å²) in [6.07, 6.45) is -0.300. The van der Waals surface area contributed by atoms with E-state index in [0.29, 0.717) is 0 Å². The van der Waals surface area contributed by atoms with E-state index < -0.39 is 8.07 Å². The fraction of sp³-hybridized carbons (Fsp3) is 0.467. The van der Waals surface area contributed by atoms with E-state index in [1.54, 1.807) is 0 Å². The second-order valence-corrected chi connectivity index (χ2v) is 11.3. The smallest absolute Gasteiger partial charge is 0.0848 e. The Morgan fingerprint density at radius 3 is 2.33 bits per heavy atom. The van der Waals surface area contributed by atoms with Crippen LogP contribution >= 0.6 is 0 Å². The molecular formula is C15H23NOSi. The average Bonchev–Trinajstić information content (AvgIpc) is 2.27. The van der Waals surface area contributed by atoms with Crippen LogP contribution in [0.2, 0.25) is 19.6 Å². The zero-order chi connectivity index (χ0) is 13.3. The van der Waals surface area contributed by atoms with E-state index in [-0.39, 0.29) is 6.10 Å². The van der Waals surface area contributed by atoms with Gasteiger partial charge in [-0.3, -0.25) is 4.90 Å². The Hall–Kier alpha value is -0.903. The highest BCUT2D eigenvalue weighted by Gasteiger charge is 2.33. The number of hydrogen-bond acceptors (Lipinski definition) is 2. The summed E-state index contributed by atoms with van der Waals surface area (Å²) in [6, 6.07) is 10.5. The maximum absolute atomic E-state index is 10.4. The van der Waals surface area contributed by atoms with Gasteiger partial charge in [0.05, 0.1) is 14.2 Å². The maximum Gasteiger partial charge on any atom is 0.0848 e. The Morgan fingerprint density at radius 1 is 1.17 bits per heavy atom. The predicted molar refractivity (Wildman–Crippen MR) is 80.2 cm³/mol. The molecule has 0 aromatic heterocycles. The van der Waals surface area contributed by atoms with Crippen molar-refractivity contribution in [2.45, 2.75) is 25.7 Å². The van der Waals surface area contributed by atoms with Gasteiger partial charge in [-0.25, -0.2) is 0 Å². The highest BCUT2D eigenvalue weighted by molar-refractivity contribution is 6.84. The molecule has 1 heterocycles. The molecule has 1 N–H and O–H groups in total. The molecule has 0 fully saturated rings. The Bertz CT molecular complexity index is 447. The van der Waals surface area contributed by atoms with Gasteiger partial charge in [-0.15, -0.1) is 0 Å². The fourth-order valence-corrected chi connectivity index (χ4v) is 5.07. The summed E-state index contributed by atoms with van der Waals surface area (Å²) in [5.74, 6) is 0. The Labute approximate surface area is 111 Å². The lowest BCUT2D eigenvalue weighted by Gasteiger charge is -2.37. The van der Waals surface area contributed by atoms with Gasteiger partial charge in [0.2, 0.25) is 0 Å². The lowest BCUT2D eigenvalue weighted by molar-refractivity contribution is 0.158. The topological polar surface area (TPSA) is 23.5 Å². The Kier molecular flexibility index (Phi) is 3.75. The highest BCUT2D eigenvalue weighted by Crippen LogP contribution is 2.32. The average molecular weight is 261 g/mol. The van der Waals surface area contributed by atoms with Crippen LogP contribution in [0.15, 0.2) is 35.5 Å². The number of hydrogen-bond donors (Lipinski definition) is 1. The molecule has 0 saturated carbocycles. The summed E-state index contributed by atoms with van der Waals surface area (Å²) < 4.78 is 0. The molecule has 2 rings (SSSR count). The quantitative estimate of drug-likeness (QED) is 0.827. The summed E-state index contributed by atoms with van der Waals surface area (Å²) >= 11 is 0. The van der Waals surface area contributed by atoms with Crippen LogP contribution in [0.25, 0.3) is 5.57 Å². The molecule has 1 aromatic rings. The summed E-state index contributed by atoms with van der Waals surface area (Å²) in [5.41, 5.74) is 2.61. The van der Waals surface area contributed by atoms with Crippen molar-refractivity contribution in [3.63, 3.8) is 0 Å².